The first kappa shape index (κ1) is 18.2. The summed E-state index contributed by atoms with van der Waals surface area (Å²) in [5.41, 5.74) is 2.86. The molecule has 1 N–H and O–H groups in total. The zero-order valence-electron chi connectivity index (χ0n) is 16.2. The van der Waals surface area contributed by atoms with Crippen molar-refractivity contribution in [3.8, 4) is 11.1 Å². The second-order valence-electron chi connectivity index (χ2n) is 7.93. The second-order valence-corrected chi connectivity index (χ2v) is 7.93. The Kier molecular flexibility index (Phi) is 4.41. The third kappa shape index (κ3) is 3.50. The normalized spacial score (nSPS) is 14.1. The van der Waals surface area contributed by atoms with E-state index in [0.29, 0.717) is 11.5 Å². The van der Waals surface area contributed by atoms with Crippen molar-refractivity contribution in [3.05, 3.63) is 58.9 Å². The predicted molar refractivity (Wildman–Crippen MR) is 110 cm³/mol. The van der Waals surface area contributed by atoms with Crippen molar-refractivity contribution in [2.75, 3.05) is 5.32 Å². The Balaban J connectivity index is 1.64. The number of carbonyl (C=O) groups excluding carboxylic acids is 1. The van der Waals surface area contributed by atoms with Gasteiger partial charge in [-0.05, 0) is 68.3 Å². The largest absolute Gasteiger partial charge is 0.310 e. The molecule has 0 saturated heterocycles. The number of nitrogens with one attached hydrogen (secondary N) is 1. The molecule has 1 fully saturated rings. The minimum Gasteiger partial charge on any atom is -0.310 e. The number of hydrogen-bond donors (Lipinski definition) is 1. The minimum absolute atomic E-state index is 0.0537. The van der Waals surface area contributed by atoms with Gasteiger partial charge < -0.3 is 5.32 Å². The summed E-state index contributed by atoms with van der Waals surface area (Å²) in [6.07, 6.45) is 5.50. The third-order valence-electron chi connectivity index (χ3n) is 5.20. The molecule has 6 heteroatoms. The lowest BCUT2D eigenvalue weighted by molar-refractivity contribution is -0.117. The molecular weight excluding hydrogens is 352 g/mol. The summed E-state index contributed by atoms with van der Waals surface area (Å²) in [6.45, 7) is 5.51. The maximum Gasteiger partial charge on any atom is 0.228 e. The van der Waals surface area contributed by atoms with E-state index >= 15 is 0 Å². The van der Waals surface area contributed by atoms with Gasteiger partial charge in [-0.2, -0.15) is 0 Å². The molecule has 0 unspecified atom stereocenters. The summed E-state index contributed by atoms with van der Waals surface area (Å²) in [5, 5.41) is 8.05. The van der Waals surface area contributed by atoms with Crippen LogP contribution in [0.2, 0.25) is 0 Å². The highest BCUT2D eigenvalue weighted by Crippen LogP contribution is 2.32. The number of carbonyl (C=O) groups is 1. The molecule has 1 saturated carbocycles. The van der Waals surface area contributed by atoms with Crippen LogP contribution in [0.4, 0.5) is 5.82 Å². The van der Waals surface area contributed by atoms with E-state index in [0.717, 1.165) is 40.3 Å². The van der Waals surface area contributed by atoms with Crippen molar-refractivity contribution in [1.29, 1.82) is 0 Å². The average molecular weight is 374 g/mol. The standard InChI is InChI=1S/C22H22N4O2/c1-13-8-19(22(2,3)26-28)23-12-18(13)16-7-6-15-10-20(24-11-17(15)9-16)25-21(27)14-4-5-14/h6-12,14H,4-5H2,1-3H3,(H,24,25,27). The lowest BCUT2D eigenvalue weighted by Crippen LogP contribution is -2.15. The van der Waals surface area contributed by atoms with Crippen LogP contribution in [0.5, 0.6) is 0 Å². The van der Waals surface area contributed by atoms with Gasteiger partial charge in [0.05, 0.1) is 5.69 Å². The van der Waals surface area contributed by atoms with E-state index in [1.807, 2.05) is 31.2 Å². The van der Waals surface area contributed by atoms with E-state index in [-0.39, 0.29) is 11.8 Å². The number of hydrogen-bond acceptors (Lipinski definition) is 5. The number of anilines is 1. The van der Waals surface area contributed by atoms with E-state index in [4.69, 9.17) is 0 Å². The molecule has 1 aliphatic carbocycles. The highest BCUT2D eigenvalue weighted by Gasteiger charge is 2.29. The van der Waals surface area contributed by atoms with Gasteiger partial charge in [0.2, 0.25) is 5.91 Å². The minimum atomic E-state index is -0.849. The van der Waals surface area contributed by atoms with E-state index in [1.54, 1.807) is 26.2 Å². The highest BCUT2D eigenvalue weighted by atomic mass is 16.3. The first-order valence-corrected chi connectivity index (χ1v) is 9.40. The predicted octanol–water partition coefficient (Wildman–Crippen LogP) is 4.96. The van der Waals surface area contributed by atoms with Crippen molar-refractivity contribution in [1.82, 2.24) is 9.97 Å². The molecule has 2 heterocycles. The summed E-state index contributed by atoms with van der Waals surface area (Å²) < 4.78 is 0. The number of fused-ring (bicyclic) bond motifs is 1. The van der Waals surface area contributed by atoms with Crippen LogP contribution in [-0.4, -0.2) is 15.9 Å². The fraction of sp³-hybridized carbons (Fsp3) is 0.318. The summed E-state index contributed by atoms with van der Waals surface area (Å²) >= 11 is 0. The smallest absolute Gasteiger partial charge is 0.228 e. The molecule has 2 aromatic heterocycles. The van der Waals surface area contributed by atoms with Crippen LogP contribution >= 0.6 is 0 Å². The van der Waals surface area contributed by atoms with Crippen LogP contribution in [0, 0.1) is 17.7 Å². The average Bonchev–Trinajstić information content (AvgIpc) is 3.53. The molecule has 1 aliphatic rings. The summed E-state index contributed by atoms with van der Waals surface area (Å²) in [4.78, 5) is 31.8. The van der Waals surface area contributed by atoms with Gasteiger partial charge in [-0.25, -0.2) is 4.98 Å². The van der Waals surface area contributed by atoms with Gasteiger partial charge >= 0.3 is 0 Å². The Hall–Kier alpha value is -3.15. The molecule has 0 radical (unpaired) electrons. The monoisotopic (exact) mass is 374 g/mol. The van der Waals surface area contributed by atoms with Crippen molar-refractivity contribution >= 4 is 22.5 Å². The fourth-order valence-corrected chi connectivity index (χ4v) is 3.19. The lowest BCUT2D eigenvalue weighted by atomic mass is 9.95. The molecule has 4 rings (SSSR count). The third-order valence-corrected chi connectivity index (χ3v) is 5.20. The Morgan fingerprint density at radius 2 is 1.89 bits per heavy atom. The van der Waals surface area contributed by atoms with Gasteiger partial charge in [0, 0.05) is 29.3 Å². The maximum atomic E-state index is 11.9. The van der Waals surface area contributed by atoms with Crippen LogP contribution < -0.4 is 5.32 Å². The molecule has 3 aromatic rings. The fourth-order valence-electron chi connectivity index (χ4n) is 3.19. The molecule has 0 aliphatic heterocycles. The van der Waals surface area contributed by atoms with Crippen LogP contribution in [0.15, 0.2) is 47.9 Å². The molecule has 28 heavy (non-hydrogen) atoms. The first-order chi connectivity index (χ1) is 13.4. The SMILES string of the molecule is Cc1cc(C(C)(C)N=O)ncc1-c1ccc2cc(NC(=O)C3CC3)ncc2c1. The van der Waals surface area contributed by atoms with Gasteiger partial charge in [0.1, 0.15) is 11.4 Å². The highest BCUT2D eigenvalue weighted by molar-refractivity contribution is 5.96. The quantitative estimate of drug-likeness (QED) is 0.640. The summed E-state index contributed by atoms with van der Waals surface area (Å²) in [6, 6.07) is 9.91. The number of aryl methyl sites for hydroxylation is 1. The van der Waals surface area contributed by atoms with E-state index in [1.165, 1.54) is 0 Å². The Morgan fingerprint density at radius 3 is 2.57 bits per heavy atom. The number of nitroso groups, excluding NO2 is 1. The zero-order chi connectivity index (χ0) is 19.9. The van der Waals surface area contributed by atoms with Crippen LogP contribution in [-0.2, 0) is 10.3 Å². The molecule has 0 spiro atoms. The Labute approximate surface area is 163 Å². The molecule has 0 atom stereocenters. The van der Waals surface area contributed by atoms with Gasteiger partial charge in [0.15, 0.2) is 0 Å². The number of benzene rings is 1. The van der Waals surface area contributed by atoms with E-state index in [2.05, 4.69) is 26.5 Å². The van der Waals surface area contributed by atoms with Crippen molar-refractivity contribution in [2.24, 2.45) is 11.1 Å². The van der Waals surface area contributed by atoms with Crippen LogP contribution in [0.25, 0.3) is 21.9 Å². The van der Waals surface area contributed by atoms with Crippen LogP contribution in [0.3, 0.4) is 0 Å². The number of aromatic nitrogens is 2. The summed E-state index contributed by atoms with van der Waals surface area (Å²) in [7, 11) is 0. The summed E-state index contributed by atoms with van der Waals surface area (Å²) in [5.74, 6) is 0.790. The van der Waals surface area contributed by atoms with Gasteiger partial charge in [-0.15, -0.1) is 4.91 Å². The van der Waals surface area contributed by atoms with Crippen molar-refractivity contribution in [3.63, 3.8) is 0 Å². The van der Waals surface area contributed by atoms with Crippen molar-refractivity contribution in [2.45, 2.75) is 39.2 Å². The molecule has 0 bridgehead atoms. The molecule has 142 valence electrons. The van der Waals surface area contributed by atoms with E-state index < -0.39 is 5.54 Å². The molecule has 6 nitrogen and oxygen atoms in total. The first-order valence-electron chi connectivity index (χ1n) is 9.40. The Morgan fingerprint density at radius 1 is 1.11 bits per heavy atom. The van der Waals surface area contributed by atoms with Gasteiger partial charge in [0.25, 0.3) is 0 Å². The number of nitrogens with zero attached hydrogens (tertiary/aromatic N) is 3. The topological polar surface area (TPSA) is 84.3 Å². The molecular formula is C22H22N4O2. The van der Waals surface area contributed by atoms with Crippen molar-refractivity contribution < 1.29 is 4.79 Å². The van der Waals surface area contributed by atoms with Gasteiger partial charge in [-0.3, -0.25) is 9.78 Å². The molecule has 1 amide bonds. The number of rotatable bonds is 5. The number of amides is 1. The maximum absolute atomic E-state index is 11.9. The van der Waals surface area contributed by atoms with Gasteiger partial charge in [-0.1, -0.05) is 17.3 Å². The second kappa shape index (κ2) is 6.78. The lowest BCUT2D eigenvalue weighted by Gasteiger charge is -2.16. The number of pyridine rings is 2. The zero-order valence-corrected chi connectivity index (χ0v) is 16.2. The Bertz CT molecular complexity index is 1090. The van der Waals surface area contributed by atoms with E-state index in [9.17, 15) is 9.70 Å². The van der Waals surface area contributed by atoms with Crippen LogP contribution in [0.1, 0.15) is 37.9 Å². The molecule has 1 aromatic carbocycles.